The summed E-state index contributed by atoms with van der Waals surface area (Å²) in [6.07, 6.45) is 3.16. The van der Waals surface area contributed by atoms with E-state index in [0.29, 0.717) is 17.4 Å². The number of hydrogen-bond donors (Lipinski definition) is 0. The number of rotatable bonds is 5. The quantitative estimate of drug-likeness (QED) is 0.697. The molecule has 1 aromatic carbocycles. The fourth-order valence-electron chi connectivity index (χ4n) is 3.33. The van der Waals surface area contributed by atoms with Crippen molar-refractivity contribution in [2.24, 2.45) is 0 Å². The first-order valence-corrected chi connectivity index (χ1v) is 8.56. The zero-order valence-corrected chi connectivity index (χ0v) is 14.4. The van der Waals surface area contributed by atoms with Crippen molar-refractivity contribution in [1.29, 1.82) is 0 Å². The standard InChI is InChI=1S/C19H19FN4O2/c1-25-17-7-3-2-5-13(17)12-24-10-4-6-16(24)19-22-18(23-26-19)15-9-8-14(20)11-21-15/h2-3,5,7-9,11,16H,4,6,10,12H2,1H3/t16-/m0/s1. The van der Waals surface area contributed by atoms with Gasteiger partial charge < -0.3 is 9.26 Å². The van der Waals surface area contributed by atoms with Crippen molar-refractivity contribution in [2.45, 2.75) is 25.4 Å². The molecule has 0 radical (unpaired) electrons. The Balaban J connectivity index is 1.54. The van der Waals surface area contributed by atoms with Crippen LogP contribution in [0.2, 0.25) is 0 Å². The van der Waals surface area contributed by atoms with E-state index in [0.717, 1.165) is 43.4 Å². The number of ether oxygens (including phenoxy) is 1. The van der Waals surface area contributed by atoms with Crippen molar-refractivity contribution in [3.8, 4) is 17.3 Å². The minimum absolute atomic E-state index is 0.0570. The van der Waals surface area contributed by atoms with E-state index >= 15 is 0 Å². The van der Waals surface area contributed by atoms with E-state index in [-0.39, 0.29) is 6.04 Å². The van der Waals surface area contributed by atoms with E-state index in [4.69, 9.17) is 9.26 Å². The molecule has 3 aromatic rings. The third kappa shape index (κ3) is 3.30. The van der Waals surface area contributed by atoms with Crippen molar-refractivity contribution in [3.05, 3.63) is 59.9 Å². The highest BCUT2D eigenvalue weighted by Gasteiger charge is 2.31. The monoisotopic (exact) mass is 354 g/mol. The average molecular weight is 354 g/mol. The molecule has 0 unspecified atom stereocenters. The van der Waals surface area contributed by atoms with Gasteiger partial charge in [0.1, 0.15) is 17.3 Å². The number of benzene rings is 1. The molecule has 4 rings (SSSR count). The van der Waals surface area contributed by atoms with Crippen LogP contribution in [0.15, 0.2) is 47.1 Å². The summed E-state index contributed by atoms with van der Waals surface area (Å²) in [5.74, 6) is 1.43. The zero-order chi connectivity index (χ0) is 17.9. The van der Waals surface area contributed by atoms with Crippen LogP contribution in [0.4, 0.5) is 4.39 Å². The van der Waals surface area contributed by atoms with Crippen LogP contribution in [0.5, 0.6) is 5.75 Å². The van der Waals surface area contributed by atoms with Crippen molar-refractivity contribution >= 4 is 0 Å². The van der Waals surface area contributed by atoms with Gasteiger partial charge in [0.2, 0.25) is 11.7 Å². The van der Waals surface area contributed by atoms with Crippen LogP contribution in [0.1, 0.15) is 30.3 Å². The van der Waals surface area contributed by atoms with Crippen LogP contribution in [-0.2, 0) is 6.54 Å². The molecule has 1 saturated heterocycles. The van der Waals surface area contributed by atoms with E-state index in [1.165, 1.54) is 6.07 Å². The van der Waals surface area contributed by atoms with Gasteiger partial charge in [-0.3, -0.25) is 4.90 Å². The SMILES string of the molecule is COc1ccccc1CN1CCC[C@H]1c1nc(-c2ccc(F)cn2)no1. The smallest absolute Gasteiger partial charge is 0.244 e. The normalized spacial score (nSPS) is 17.5. The molecule has 1 aliphatic heterocycles. The zero-order valence-electron chi connectivity index (χ0n) is 14.4. The topological polar surface area (TPSA) is 64.3 Å². The molecule has 26 heavy (non-hydrogen) atoms. The summed E-state index contributed by atoms with van der Waals surface area (Å²) in [4.78, 5) is 10.8. The van der Waals surface area contributed by atoms with Crippen molar-refractivity contribution in [3.63, 3.8) is 0 Å². The summed E-state index contributed by atoms with van der Waals surface area (Å²) >= 11 is 0. The second kappa shape index (κ2) is 7.21. The molecule has 0 bridgehead atoms. The lowest BCUT2D eigenvalue weighted by molar-refractivity contribution is 0.199. The predicted molar refractivity (Wildman–Crippen MR) is 92.9 cm³/mol. The number of methoxy groups -OCH3 is 1. The van der Waals surface area contributed by atoms with Gasteiger partial charge in [-0.25, -0.2) is 9.37 Å². The van der Waals surface area contributed by atoms with Gasteiger partial charge in [-0.05, 0) is 37.6 Å². The summed E-state index contributed by atoms with van der Waals surface area (Å²) in [6, 6.07) is 10.9. The molecule has 3 heterocycles. The van der Waals surface area contributed by atoms with Crippen LogP contribution in [0.25, 0.3) is 11.5 Å². The highest BCUT2D eigenvalue weighted by Crippen LogP contribution is 2.34. The molecule has 1 aliphatic rings. The number of pyridine rings is 1. The van der Waals surface area contributed by atoms with Gasteiger partial charge in [-0.2, -0.15) is 4.98 Å². The molecule has 1 fully saturated rings. The molecular formula is C19H19FN4O2. The number of para-hydroxylation sites is 1. The van der Waals surface area contributed by atoms with E-state index in [9.17, 15) is 4.39 Å². The summed E-state index contributed by atoms with van der Waals surface area (Å²) in [5, 5.41) is 4.01. The fraction of sp³-hybridized carbons (Fsp3) is 0.316. The molecule has 0 saturated carbocycles. The number of hydrogen-bond acceptors (Lipinski definition) is 6. The van der Waals surface area contributed by atoms with Crippen LogP contribution in [-0.4, -0.2) is 33.7 Å². The van der Waals surface area contributed by atoms with Gasteiger partial charge in [0.05, 0.1) is 19.3 Å². The summed E-state index contributed by atoms with van der Waals surface area (Å²) in [6.45, 7) is 1.70. The lowest BCUT2D eigenvalue weighted by Gasteiger charge is -2.22. The maximum Gasteiger partial charge on any atom is 0.244 e. The first-order chi connectivity index (χ1) is 12.7. The maximum atomic E-state index is 13.0. The Morgan fingerprint density at radius 3 is 2.96 bits per heavy atom. The second-order valence-corrected chi connectivity index (χ2v) is 6.26. The maximum absolute atomic E-state index is 13.0. The predicted octanol–water partition coefficient (Wildman–Crippen LogP) is 3.62. The lowest BCUT2D eigenvalue weighted by atomic mass is 10.1. The van der Waals surface area contributed by atoms with E-state index in [1.54, 1.807) is 13.2 Å². The van der Waals surface area contributed by atoms with Crippen molar-refractivity contribution in [1.82, 2.24) is 20.0 Å². The summed E-state index contributed by atoms with van der Waals surface area (Å²) in [7, 11) is 1.68. The van der Waals surface area contributed by atoms with E-state index < -0.39 is 5.82 Å². The van der Waals surface area contributed by atoms with Crippen molar-refractivity contribution < 1.29 is 13.7 Å². The first kappa shape index (κ1) is 16.7. The van der Waals surface area contributed by atoms with E-state index in [1.807, 2.05) is 18.2 Å². The molecule has 6 nitrogen and oxygen atoms in total. The summed E-state index contributed by atoms with van der Waals surface area (Å²) in [5.41, 5.74) is 1.62. The van der Waals surface area contributed by atoms with Gasteiger partial charge in [0.15, 0.2) is 0 Å². The van der Waals surface area contributed by atoms with E-state index in [2.05, 4.69) is 26.1 Å². The molecule has 0 aliphatic carbocycles. The van der Waals surface area contributed by atoms with Gasteiger partial charge >= 0.3 is 0 Å². The number of nitrogens with zero attached hydrogens (tertiary/aromatic N) is 4. The Morgan fingerprint density at radius 2 is 2.15 bits per heavy atom. The average Bonchev–Trinajstić information content (AvgIpc) is 3.32. The fourth-order valence-corrected chi connectivity index (χ4v) is 3.33. The minimum Gasteiger partial charge on any atom is -0.496 e. The van der Waals surface area contributed by atoms with Gasteiger partial charge in [-0.15, -0.1) is 0 Å². The minimum atomic E-state index is -0.392. The van der Waals surface area contributed by atoms with Crippen LogP contribution in [0, 0.1) is 5.82 Å². The molecule has 2 aromatic heterocycles. The number of likely N-dealkylation sites (tertiary alicyclic amines) is 1. The van der Waals surface area contributed by atoms with Crippen LogP contribution in [0.3, 0.4) is 0 Å². The third-order valence-corrected chi connectivity index (χ3v) is 4.61. The summed E-state index contributed by atoms with van der Waals surface area (Å²) < 4.78 is 24.0. The molecule has 0 N–H and O–H groups in total. The van der Waals surface area contributed by atoms with Gasteiger partial charge in [-0.1, -0.05) is 23.4 Å². The lowest BCUT2D eigenvalue weighted by Crippen LogP contribution is -2.23. The second-order valence-electron chi connectivity index (χ2n) is 6.26. The Hall–Kier alpha value is -2.80. The Kier molecular flexibility index (Phi) is 4.62. The molecule has 1 atom stereocenters. The molecule has 0 spiro atoms. The Bertz CT molecular complexity index is 881. The largest absolute Gasteiger partial charge is 0.496 e. The number of halogens is 1. The van der Waals surface area contributed by atoms with Gasteiger partial charge in [0, 0.05) is 12.1 Å². The Morgan fingerprint density at radius 1 is 1.27 bits per heavy atom. The van der Waals surface area contributed by atoms with Crippen LogP contribution >= 0.6 is 0 Å². The van der Waals surface area contributed by atoms with Crippen molar-refractivity contribution in [2.75, 3.05) is 13.7 Å². The third-order valence-electron chi connectivity index (χ3n) is 4.61. The molecule has 0 amide bonds. The molecular weight excluding hydrogens is 335 g/mol. The van der Waals surface area contributed by atoms with Crippen LogP contribution < -0.4 is 4.74 Å². The first-order valence-electron chi connectivity index (χ1n) is 8.56. The highest BCUT2D eigenvalue weighted by molar-refractivity contribution is 5.47. The Labute approximate surface area is 150 Å². The number of aromatic nitrogens is 3. The highest BCUT2D eigenvalue weighted by atomic mass is 19.1. The van der Waals surface area contributed by atoms with Gasteiger partial charge in [0.25, 0.3) is 0 Å². The molecule has 7 heteroatoms. The molecule has 134 valence electrons.